The number of alkyl halides is 2. The number of aromatic hydroxyl groups is 2. The molecule has 0 bridgehead atoms. The second-order valence-corrected chi connectivity index (χ2v) is 7.27. The molecule has 0 saturated heterocycles. The molecule has 0 aliphatic rings. The molecular weight excluding hydrogens is 394 g/mol. The number of aromatic nitrogens is 4. The van der Waals surface area contributed by atoms with E-state index in [1.54, 1.807) is 6.07 Å². The van der Waals surface area contributed by atoms with Crippen molar-refractivity contribution in [2.24, 2.45) is 7.05 Å². The first kappa shape index (κ1) is 19.7. The Kier molecular flexibility index (Phi) is 4.81. The van der Waals surface area contributed by atoms with E-state index in [9.17, 15) is 19.0 Å². The summed E-state index contributed by atoms with van der Waals surface area (Å²) < 4.78 is 33.5. The molecule has 0 fully saturated rings. The number of aryl methyl sites for hydroxylation is 1. The molecule has 0 unspecified atom stereocenters. The van der Waals surface area contributed by atoms with Gasteiger partial charge in [-0.05, 0) is 41.8 Å². The molecule has 156 valence electrons. The smallest absolute Gasteiger partial charge is 0.387 e. The second kappa shape index (κ2) is 7.33. The molecular formula is C21H20F2N4O3. The fraction of sp³-hybridized carbons (Fsp3) is 0.238. The van der Waals surface area contributed by atoms with E-state index >= 15 is 0 Å². The van der Waals surface area contributed by atoms with Gasteiger partial charge in [-0.15, -0.1) is 5.10 Å². The highest BCUT2D eigenvalue weighted by Gasteiger charge is 2.22. The average Bonchev–Trinajstić information content (AvgIpc) is 3.23. The quantitative estimate of drug-likeness (QED) is 0.500. The topological polar surface area (TPSA) is 85.3 Å². The standard InChI is InChI=1S/C21H20F2N4O3/c1-11(2)14-9-15(17(28)10-18(14)30-20(22)23)19-24-25-21(29)27(19)13-4-5-16-12(8-13)6-7-26(16)3/h4-11,20,28H,1-3H3,(H,25,29). The Morgan fingerprint density at radius 3 is 2.50 bits per heavy atom. The van der Waals surface area contributed by atoms with Crippen molar-refractivity contribution in [3.8, 4) is 34.6 Å². The predicted molar refractivity (Wildman–Crippen MR) is 107 cm³/mol. The lowest BCUT2D eigenvalue weighted by atomic mass is 9.98. The summed E-state index contributed by atoms with van der Waals surface area (Å²) >= 11 is 0. The summed E-state index contributed by atoms with van der Waals surface area (Å²) in [5.41, 5.74) is 2.30. The van der Waals surface area contributed by atoms with Gasteiger partial charge in [-0.2, -0.15) is 8.78 Å². The maximum Gasteiger partial charge on any atom is 0.387 e. The summed E-state index contributed by atoms with van der Waals surface area (Å²) in [6, 6.07) is 9.78. The van der Waals surface area contributed by atoms with Crippen molar-refractivity contribution in [2.45, 2.75) is 26.4 Å². The number of rotatable bonds is 5. The summed E-state index contributed by atoms with van der Waals surface area (Å²) in [7, 11) is 1.93. The van der Waals surface area contributed by atoms with Crippen molar-refractivity contribution in [2.75, 3.05) is 0 Å². The van der Waals surface area contributed by atoms with E-state index in [2.05, 4.69) is 14.9 Å². The molecule has 7 nitrogen and oxygen atoms in total. The van der Waals surface area contributed by atoms with Gasteiger partial charge in [-0.1, -0.05) is 18.9 Å². The number of hydrogen-bond acceptors (Lipinski definition) is 5. The molecule has 2 heterocycles. The Bertz CT molecular complexity index is 1230. The number of phenolic OH excluding ortho intramolecular Hbond substituents is 1. The molecule has 2 aromatic heterocycles. The van der Waals surface area contributed by atoms with Gasteiger partial charge in [0.15, 0.2) is 5.82 Å². The fourth-order valence-electron chi connectivity index (χ4n) is 3.51. The van der Waals surface area contributed by atoms with E-state index in [0.29, 0.717) is 11.3 Å². The Hall–Kier alpha value is -3.62. The Morgan fingerprint density at radius 1 is 1.03 bits per heavy atom. The summed E-state index contributed by atoms with van der Waals surface area (Å²) in [5, 5.41) is 29.6. The van der Waals surface area contributed by atoms with Crippen LogP contribution in [0.2, 0.25) is 0 Å². The Labute approximate surface area is 170 Å². The van der Waals surface area contributed by atoms with E-state index in [-0.39, 0.29) is 34.8 Å². The molecule has 0 aliphatic heterocycles. The van der Waals surface area contributed by atoms with Crippen molar-refractivity contribution in [1.29, 1.82) is 0 Å². The minimum Gasteiger partial charge on any atom is -0.507 e. The van der Waals surface area contributed by atoms with Crippen molar-refractivity contribution >= 4 is 10.9 Å². The number of nitrogens with zero attached hydrogens (tertiary/aromatic N) is 4. The molecule has 9 heteroatoms. The first-order chi connectivity index (χ1) is 14.3. The largest absolute Gasteiger partial charge is 0.507 e. The van der Waals surface area contributed by atoms with E-state index in [4.69, 9.17) is 0 Å². The summed E-state index contributed by atoms with van der Waals surface area (Å²) in [4.78, 5) is 0. The first-order valence-electron chi connectivity index (χ1n) is 9.28. The molecule has 0 atom stereocenters. The maximum absolute atomic E-state index is 12.8. The SMILES string of the molecule is CC(C)c1cc(-c2nnc(O)n2-c2ccc3c(ccn3C)c2)c(O)cc1OC(F)F. The fourth-order valence-corrected chi connectivity index (χ4v) is 3.51. The van der Waals surface area contributed by atoms with Crippen LogP contribution in [0.1, 0.15) is 25.3 Å². The number of phenols is 1. The second-order valence-electron chi connectivity index (χ2n) is 7.27. The van der Waals surface area contributed by atoms with Crippen LogP contribution < -0.4 is 4.74 Å². The van der Waals surface area contributed by atoms with Gasteiger partial charge in [-0.3, -0.25) is 0 Å². The first-order valence-corrected chi connectivity index (χ1v) is 9.28. The number of benzene rings is 2. The Morgan fingerprint density at radius 2 is 1.80 bits per heavy atom. The highest BCUT2D eigenvalue weighted by molar-refractivity contribution is 5.83. The van der Waals surface area contributed by atoms with Crippen molar-refractivity contribution < 1.29 is 23.7 Å². The van der Waals surface area contributed by atoms with Gasteiger partial charge in [0.25, 0.3) is 0 Å². The molecule has 30 heavy (non-hydrogen) atoms. The van der Waals surface area contributed by atoms with Crippen LogP contribution in [0.15, 0.2) is 42.6 Å². The average molecular weight is 414 g/mol. The van der Waals surface area contributed by atoms with E-state index in [0.717, 1.165) is 17.0 Å². The van der Waals surface area contributed by atoms with Crippen molar-refractivity contribution in [3.63, 3.8) is 0 Å². The lowest BCUT2D eigenvalue weighted by molar-refractivity contribution is -0.0506. The molecule has 4 rings (SSSR count). The lowest BCUT2D eigenvalue weighted by Crippen LogP contribution is -2.06. The predicted octanol–water partition coefficient (Wildman–Crippen LogP) is 4.56. The van der Waals surface area contributed by atoms with Crippen LogP contribution in [-0.2, 0) is 7.05 Å². The van der Waals surface area contributed by atoms with Crippen molar-refractivity contribution in [3.05, 3.63) is 48.2 Å². The monoisotopic (exact) mass is 414 g/mol. The summed E-state index contributed by atoms with van der Waals surface area (Å²) in [6.07, 6.45) is 1.92. The van der Waals surface area contributed by atoms with Gasteiger partial charge < -0.3 is 19.5 Å². The zero-order valence-corrected chi connectivity index (χ0v) is 16.5. The number of hydrogen-bond donors (Lipinski definition) is 2. The molecule has 4 aromatic rings. The van der Waals surface area contributed by atoms with Gasteiger partial charge in [0.05, 0.1) is 11.3 Å². The third-order valence-corrected chi connectivity index (χ3v) is 4.98. The van der Waals surface area contributed by atoms with E-state index < -0.39 is 6.61 Å². The number of ether oxygens (including phenoxy) is 1. The summed E-state index contributed by atoms with van der Waals surface area (Å²) in [5.74, 6) is -0.416. The lowest BCUT2D eigenvalue weighted by Gasteiger charge is -2.17. The number of halogens is 2. The highest BCUT2D eigenvalue weighted by atomic mass is 19.3. The third kappa shape index (κ3) is 3.32. The van der Waals surface area contributed by atoms with Gasteiger partial charge >= 0.3 is 12.6 Å². The minimum atomic E-state index is -3.02. The summed E-state index contributed by atoms with van der Waals surface area (Å²) in [6.45, 7) is 0.623. The van der Waals surface area contributed by atoms with E-state index in [1.165, 1.54) is 10.6 Å². The minimum absolute atomic E-state index is 0.109. The van der Waals surface area contributed by atoms with Crippen LogP contribution in [0.4, 0.5) is 8.78 Å². The molecule has 0 radical (unpaired) electrons. The molecule has 2 N–H and O–H groups in total. The highest BCUT2D eigenvalue weighted by Crippen LogP contribution is 2.40. The van der Waals surface area contributed by atoms with Crippen LogP contribution in [0, 0.1) is 0 Å². The van der Waals surface area contributed by atoms with E-state index in [1.807, 2.05) is 49.9 Å². The van der Waals surface area contributed by atoms with Crippen LogP contribution in [-0.4, -0.2) is 36.2 Å². The molecule has 2 aromatic carbocycles. The Balaban J connectivity index is 1.88. The van der Waals surface area contributed by atoms with Gasteiger partial charge in [-0.25, -0.2) is 4.57 Å². The van der Waals surface area contributed by atoms with Crippen LogP contribution in [0.25, 0.3) is 28.0 Å². The maximum atomic E-state index is 12.8. The third-order valence-electron chi connectivity index (χ3n) is 4.98. The molecule has 0 aliphatic carbocycles. The van der Waals surface area contributed by atoms with Crippen LogP contribution >= 0.6 is 0 Å². The normalized spacial score (nSPS) is 11.7. The zero-order valence-electron chi connectivity index (χ0n) is 16.5. The van der Waals surface area contributed by atoms with Gasteiger partial charge in [0, 0.05) is 30.2 Å². The number of fused-ring (bicyclic) bond motifs is 1. The molecule has 0 saturated carbocycles. The molecule has 0 amide bonds. The van der Waals surface area contributed by atoms with Gasteiger partial charge in [0.2, 0.25) is 0 Å². The van der Waals surface area contributed by atoms with Gasteiger partial charge in [0.1, 0.15) is 11.5 Å². The van der Waals surface area contributed by atoms with Crippen LogP contribution in [0.5, 0.6) is 17.5 Å². The van der Waals surface area contributed by atoms with Crippen LogP contribution in [0.3, 0.4) is 0 Å². The zero-order chi connectivity index (χ0) is 21.6. The van der Waals surface area contributed by atoms with Crippen molar-refractivity contribution in [1.82, 2.24) is 19.3 Å². The molecule has 0 spiro atoms.